The van der Waals surface area contributed by atoms with Crippen LogP contribution in [-0.4, -0.2) is 68.4 Å². The van der Waals surface area contributed by atoms with Gasteiger partial charge in [-0.15, -0.1) is 0 Å². The molecule has 3 rings (SSSR count). The van der Waals surface area contributed by atoms with Crippen molar-refractivity contribution >= 4 is 21.9 Å². The molecule has 0 aromatic heterocycles. The van der Waals surface area contributed by atoms with Gasteiger partial charge in [0.25, 0.3) is 0 Å². The number of carbonyl (C=O) groups is 2. The van der Waals surface area contributed by atoms with Gasteiger partial charge in [-0.2, -0.15) is 4.31 Å². The molecular weight excluding hydrogens is 384 g/mol. The molecular formula is C19H26N2O6S. The van der Waals surface area contributed by atoms with E-state index < -0.39 is 21.9 Å². The van der Waals surface area contributed by atoms with Gasteiger partial charge in [0.1, 0.15) is 6.61 Å². The highest BCUT2D eigenvalue weighted by molar-refractivity contribution is 7.89. The minimum atomic E-state index is -3.60. The summed E-state index contributed by atoms with van der Waals surface area (Å²) in [4.78, 5) is 26.1. The van der Waals surface area contributed by atoms with Gasteiger partial charge in [0.2, 0.25) is 15.9 Å². The van der Waals surface area contributed by atoms with Crippen LogP contribution in [-0.2, 0) is 35.7 Å². The van der Waals surface area contributed by atoms with Crippen LogP contribution in [0.3, 0.4) is 0 Å². The van der Waals surface area contributed by atoms with Gasteiger partial charge in [-0.05, 0) is 31.5 Å². The Morgan fingerprint density at radius 1 is 1.29 bits per heavy atom. The molecule has 0 N–H and O–H groups in total. The maximum Gasteiger partial charge on any atom is 0.311 e. The Labute approximate surface area is 165 Å². The number of amides is 1. The fourth-order valence-electron chi connectivity index (χ4n) is 3.39. The Morgan fingerprint density at radius 3 is 2.64 bits per heavy atom. The standard InChI is InChI=1S/C19H26N2O6S/c1-14(2)21-12-16(11-18(21)22)19(23)27-13-15-4-3-5-17(10-15)28(24,25)20-6-8-26-9-7-20/h3-5,10,14,16H,6-9,11-13H2,1-2H3/t16-/m0/s1. The number of likely N-dealkylation sites (tertiary alicyclic amines) is 1. The summed E-state index contributed by atoms with van der Waals surface area (Å²) in [5.41, 5.74) is 0.590. The number of hydrogen-bond acceptors (Lipinski definition) is 6. The van der Waals surface area contributed by atoms with Gasteiger partial charge in [0.05, 0.1) is 24.0 Å². The van der Waals surface area contributed by atoms with E-state index in [4.69, 9.17) is 9.47 Å². The van der Waals surface area contributed by atoms with Crippen molar-refractivity contribution in [2.75, 3.05) is 32.8 Å². The van der Waals surface area contributed by atoms with Gasteiger partial charge in [0, 0.05) is 32.1 Å². The molecule has 2 aliphatic heterocycles. The summed E-state index contributed by atoms with van der Waals surface area (Å²) in [6.07, 6.45) is 0.155. The van der Waals surface area contributed by atoms with E-state index in [1.165, 1.54) is 16.4 Å². The molecule has 0 spiro atoms. The minimum absolute atomic E-state index is 0.0301. The van der Waals surface area contributed by atoms with Crippen LogP contribution >= 0.6 is 0 Å². The van der Waals surface area contributed by atoms with Crippen LogP contribution in [0.25, 0.3) is 0 Å². The predicted octanol–water partition coefficient (Wildman–Crippen LogP) is 1.01. The second-order valence-electron chi connectivity index (χ2n) is 7.31. The molecule has 2 heterocycles. The van der Waals surface area contributed by atoms with E-state index in [1.54, 1.807) is 17.0 Å². The molecule has 0 radical (unpaired) electrons. The molecule has 0 aliphatic carbocycles. The lowest BCUT2D eigenvalue weighted by Crippen LogP contribution is -2.40. The zero-order valence-corrected chi connectivity index (χ0v) is 17.0. The highest BCUT2D eigenvalue weighted by atomic mass is 32.2. The van der Waals surface area contributed by atoms with Crippen LogP contribution in [0, 0.1) is 5.92 Å². The van der Waals surface area contributed by atoms with E-state index in [1.807, 2.05) is 13.8 Å². The molecule has 28 heavy (non-hydrogen) atoms. The lowest BCUT2D eigenvalue weighted by molar-refractivity contribution is -0.149. The highest BCUT2D eigenvalue weighted by Crippen LogP contribution is 2.23. The Hall–Kier alpha value is -1.97. The van der Waals surface area contributed by atoms with E-state index in [0.29, 0.717) is 38.4 Å². The van der Waals surface area contributed by atoms with Crippen LogP contribution in [0.1, 0.15) is 25.8 Å². The Balaban J connectivity index is 1.62. The fourth-order valence-corrected chi connectivity index (χ4v) is 4.87. The zero-order chi connectivity index (χ0) is 20.3. The number of carbonyl (C=O) groups excluding carboxylic acids is 2. The molecule has 1 atom stereocenters. The lowest BCUT2D eigenvalue weighted by Gasteiger charge is -2.26. The van der Waals surface area contributed by atoms with Gasteiger partial charge in [0.15, 0.2) is 0 Å². The zero-order valence-electron chi connectivity index (χ0n) is 16.2. The first-order valence-corrected chi connectivity index (χ1v) is 10.9. The van der Waals surface area contributed by atoms with Gasteiger partial charge in [-0.3, -0.25) is 9.59 Å². The number of hydrogen-bond donors (Lipinski definition) is 0. The first kappa shape index (κ1) is 20.8. The van der Waals surface area contributed by atoms with Crippen molar-refractivity contribution in [1.29, 1.82) is 0 Å². The smallest absolute Gasteiger partial charge is 0.311 e. The van der Waals surface area contributed by atoms with Crippen LogP contribution < -0.4 is 0 Å². The predicted molar refractivity (Wildman–Crippen MR) is 101 cm³/mol. The molecule has 2 aliphatic rings. The number of rotatable bonds is 6. The largest absolute Gasteiger partial charge is 0.461 e. The third kappa shape index (κ3) is 4.53. The van der Waals surface area contributed by atoms with Crippen molar-refractivity contribution in [3.63, 3.8) is 0 Å². The van der Waals surface area contributed by atoms with Gasteiger partial charge < -0.3 is 14.4 Å². The van der Waals surface area contributed by atoms with E-state index in [9.17, 15) is 18.0 Å². The van der Waals surface area contributed by atoms with Crippen LogP contribution in [0.4, 0.5) is 0 Å². The number of ether oxygens (including phenoxy) is 2. The van der Waals surface area contributed by atoms with Gasteiger partial charge >= 0.3 is 5.97 Å². The average molecular weight is 410 g/mol. The number of benzene rings is 1. The lowest BCUT2D eigenvalue weighted by atomic mass is 10.1. The summed E-state index contributed by atoms with van der Waals surface area (Å²) in [7, 11) is -3.60. The van der Waals surface area contributed by atoms with Crippen molar-refractivity contribution in [2.45, 2.75) is 37.8 Å². The fraction of sp³-hybridized carbons (Fsp3) is 0.579. The number of sulfonamides is 1. The number of esters is 1. The second-order valence-corrected chi connectivity index (χ2v) is 9.25. The van der Waals surface area contributed by atoms with Crippen molar-refractivity contribution in [3.05, 3.63) is 29.8 Å². The highest BCUT2D eigenvalue weighted by Gasteiger charge is 2.36. The molecule has 0 saturated carbocycles. The molecule has 0 unspecified atom stereocenters. The Bertz CT molecular complexity index is 833. The van der Waals surface area contributed by atoms with Gasteiger partial charge in [-0.1, -0.05) is 12.1 Å². The Morgan fingerprint density at radius 2 is 2.00 bits per heavy atom. The second kappa shape index (κ2) is 8.59. The van der Waals surface area contributed by atoms with Crippen molar-refractivity contribution in [1.82, 2.24) is 9.21 Å². The number of nitrogens with zero attached hydrogens (tertiary/aromatic N) is 2. The number of morpholine rings is 1. The molecule has 1 aromatic carbocycles. The quantitative estimate of drug-likeness (QED) is 0.650. The molecule has 1 amide bonds. The SMILES string of the molecule is CC(C)N1C[C@@H](C(=O)OCc2cccc(S(=O)(=O)N3CCOCC3)c2)CC1=O. The van der Waals surface area contributed by atoms with Crippen LogP contribution in [0.5, 0.6) is 0 Å². The van der Waals surface area contributed by atoms with Gasteiger partial charge in [-0.25, -0.2) is 8.42 Å². The van der Waals surface area contributed by atoms with E-state index >= 15 is 0 Å². The van der Waals surface area contributed by atoms with Crippen molar-refractivity contribution < 1.29 is 27.5 Å². The first-order valence-electron chi connectivity index (χ1n) is 9.42. The topological polar surface area (TPSA) is 93.2 Å². The average Bonchev–Trinajstić information content (AvgIpc) is 3.09. The van der Waals surface area contributed by atoms with E-state index in [-0.39, 0.29) is 29.9 Å². The van der Waals surface area contributed by atoms with Crippen LogP contribution in [0.15, 0.2) is 29.2 Å². The Kier molecular flexibility index (Phi) is 6.36. The third-order valence-electron chi connectivity index (χ3n) is 5.00. The molecule has 2 fully saturated rings. The molecule has 2 saturated heterocycles. The normalized spacial score (nSPS) is 21.3. The maximum absolute atomic E-state index is 12.7. The molecule has 8 nitrogen and oxygen atoms in total. The summed E-state index contributed by atoms with van der Waals surface area (Å²) in [6, 6.07) is 6.46. The van der Waals surface area contributed by atoms with E-state index in [0.717, 1.165) is 0 Å². The summed E-state index contributed by atoms with van der Waals surface area (Å²) in [5, 5.41) is 0. The van der Waals surface area contributed by atoms with Crippen LogP contribution in [0.2, 0.25) is 0 Å². The van der Waals surface area contributed by atoms with Crippen molar-refractivity contribution in [2.24, 2.45) is 5.92 Å². The molecule has 9 heteroatoms. The maximum atomic E-state index is 12.7. The monoisotopic (exact) mass is 410 g/mol. The van der Waals surface area contributed by atoms with E-state index in [2.05, 4.69) is 0 Å². The summed E-state index contributed by atoms with van der Waals surface area (Å²) in [5.74, 6) is -0.955. The summed E-state index contributed by atoms with van der Waals surface area (Å²) < 4.78 is 37.4. The minimum Gasteiger partial charge on any atom is -0.461 e. The van der Waals surface area contributed by atoms with Crippen molar-refractivity contribution in [3.8, 4) is 0 Å². The third-order valence-corrected chi connectivity index (χ3v) is 6.90. The molecule has 154 valence electrons. The molecule has 0 bridgehead atoms. The summed E-state index contributed by atoms with van der Waals surface area (Å²) in [6.45, 7) is 5.55. The summed E-state index contributed by atoms with van der Waals surface area (Å²) >= 11 is 0. The molecule has 1 aromatic rings. The first-order chi connectivity index (χ1) is 13.3.